The van der Waals surface area contributed by atoms with E-state index in [1.807, 2.05) is 4.90 Å². The van der Waals surface area contributed by atoms with Crippen LogP contribution in [0.25, 0.3) is 0 Å². The Hall–Kier alpha value is -0.860. The molecular weight excluding hydrogens is 274 g/mol. The fraction of sp³-hybridized carbons (Fsp3) is 0.700. The molecule has 102 valence electrons. The lowest BCUT2D eigenvalue weighted by Gasteiger charge is -2.32. The lowest BCUT2D eigenvalue weighted by Crippen LogP contribution is -2.39. The van der Waals surface area contributed by atoms with Crippen LogP contribution in [-0.4, -0.2) is 45.4 Å². The molecule has 1 fully saturated rings. The molecule has 0 aromatic carbocycles. The van der Waals surface area contributed by atoms with Crippen molar-refractivity contribution >= 4 is 32.2 Å². The van der Waals surface area contributed by atoms with Gasteiger partial charge in [0.15, 0.2) is 15.7 Å². The van der Waals surface area contributed by atoms with Gasteiger partial charge in [-0.25, -0.2) is 8.42 Å². The minimum atomic E-state index is -3.35. The number of nitrogen functional groups attached to an aromatic ring is 1. The lowest BCUT2D eigenvalue weighted by molar-refractivity contribution is 0.0894. The largest absolute Gasteiger partial charge is 0.382 e. The molecule has 0 aliphatic carbocycles. The average molecular weight is 291 g/mol. The molecule has 2 rings (SSSR count). The van der Waals surface area contributed by atoms with Crippen molar-refractivity contribution in [3.63, 3.8) is 0 Å². The molecule has 1 aliphatic rings. The maximum atomic E-state index is 11.8. The van der Waals surface area contributed by atoms with Gasteiger partial charge in [-0.3, -0.25) is 0 Å². The third-order valence-corrected chi connectivity index (χ3v) is 5.22. The maximum absolute atomic E-state index is 11.8. The first-order valence-corrected chi connectivity index (χ1v) is 8.33. The first-order valence-electron chi connectivity index (χ1n) is 5.66. The summed E-state index contributed by atoms with van der Waals surface area (Å²) in [6.07, 6.45) is 3.26. The van der Waals surface area contributed by atoms with Crippen LogP contribution in [0, 0.1) is 0 Å². The van der Waals surface area contributed by atoms with Gasteiger partial charge in [-0.15, -0.1) is 0 Å². The van der Waals surface area contributed by atoms with Crippen LogP contribution in [0.4, 0.5) is 10.8 Å². The van der Waals surface area contributed by atoms with Gasteiger partial charge in [-0.2, -0.15) is 4.37 Å². The zero-order valence-electron chi connectivity index (χ0n) is 10.4. The summed E-state index contributed by atoms with van der Waals surface area (Å²) in [5.41, 5.74) is 5.66. The number of anilines is 2. The van der Waals surface area contributed by atoms with Gasteiger partial charge in [0.1, 0.15) is 9.90 Å². The van der Waals surface area contributed by atoms with Crippen LogP contribution in [0.3, 0.4) is 0 Å². The molecule has 1 aromatic heterocycles. The molecule has 2 N–H and O–H groups in total. The van der Waals surface area contributed by atoms with Crippen molar-refractivity contribution in [1.82, 2.24) is 4.37 Å². The van der Waals surface area contributed by atoms with Gasteiger partial charge >= 0.3 is 0 Å². The van der Waals surface area contributed by atoms with Crippen LogP contribution >= 0.6 is 11.5 Å². The van der Waals surface area contributed by atoms with Gasteiger partial charge in [-0.1, -0.05) is 0 Å². The summed E-state index contributed by atoms with van der Waals surface area (Å²) in [5, 5.41) is 0.636. The highest BCUT2D eigenvalue weighted by Gasteiger charge is 2.28. The summed E-state index contributed by atoms with van der Waals surface area (Å²) in [6, 6.07) is 0. The number of aromatic nitrogens is 1. The van der Waals surface area contributed by atoms with Crippen molar-refractivity contribution in [1.29, 1.82) is 0 Å². The maximum Gasteiger partial charge on any atom is 0.182 e. The van der Waals surface area contributed by atoms with Gasteiger partial charge in [0, 0.05) is 26.5 Å². The SMILES string of the molecule is COC1CCCN(c2snc(N)c2S(C)(=O)=O)C1. The van der Waals surface area contributed by atoms with E-state index in [-0.39, 0.29) is 16.8 Å². The van der Waals surface area contributed by atoms with Crippen molar-refractivity contribution in [2.24, 2.45) is 0 Å². The number of nitrogens with zero attached hydrogens (tertiary/aromatic N) is 2. The second-order valence-electron chi connectivity index (χ2n) is 4.42. The Bertz CT molecular complexity index is 526. The van der Waals surface area contributed by atoms with Crippen molar-refractivity contribution in [3.05, 3.63) is 0 Å². The highest BCUT2D eigenvalue weighted by molar-refractivity contribution is 7.91. The monoisotopic (exact) mass is 291 g/mol. The number of hydrogen-bond acceptors (Lipinski definition) is 7. The van der Waals surface area contributed by atoms with Crippen molar-refractivity contribution < 1.29 is 13.2 Å². The molecular formula is C10H17N3O3S2. The highest BCUT2D eigenvalue weighted by Crippen LogP contribution is 2.36. The van der Waals surface area contributed by atoms with Crippen LogP contribution in [0.1, 0.15) is 12.8 Å². The Balaban J connectivity index is 2.34. The molecule has 0 radical (unpaired) electrons. The fourth-order valence-electron chi connectivity index (χ4n) is 2.15. The minimum Gasteiger partial charge on any atom is -0.382 e. The van der Waals surface area contributed by atoms with E-state index in [0.717, 1.165) is 37.2 Å². The van der Waals surface area contributed by atoms with E-state index < -0.39 is 9.84 Å². The normalized spacial score (nSPS) is 21.2. The zero-order valence-corrected chi connectivity index (χ0v) is 12.1. The molecule has 1 aromatic rings. The van der Waals surface area contributed by atoms with Crippen LogP contribution in [0.2, 0.25) is 0 Å². The molecule has 1 aliphatic heterocycles. The second-order valence-corrected chi connectivity index (χ2v) is 7.12. The number of ether oxygens (including phenoxy) is 1. The van der Waals surface area contributed by atoms with Crippen LogP contribution in [0.5, 0.6) is 0 Å². The molecule has 2 heterocycles. The third-order valence-electron chi connectivity index (χ3n) is 3.03. The van der Waals surface area contributed by atoms with Crippen molar-refractivity contribution in [2.75, 3.05) is 37.1 Å². The summed E-state index contributed by atoms with van der Waals surface area (Å²) >= 11 is 1.14. The number of nitrogens with two attached hydrogens (primary N) is 1. The Morgan fingerprint density at radius 1 is 1.56 bits per heavy atom. The molecule has 1 atom stereocenters. The van der Waals surface area contributed by atoms with E-state index in [1.54, 1.807) is 7.11 Å². The lowest BCUT2D eigenvalue weighted by atomic mass is 10.1. The summed E-state index contributed by atoms with van der Waals surface area (Å²) in [7, 11) is -1.68. The molecule has 6 nitrogen and oxygen atoms in total. The van der Waals surface area contributed by atoms with E-state index in [1.165, 1.54) is 0 Å². The summed E-state index contributed by atoms with van der Waals surface area (Å²) < 4.78 is 32.8. The Morgan fingerprint density at radius 3 is 2.89 bits per heavy atom. The number of rotatable bonds is 3. The topological polar surface area (TPSA) is 85.5 Å². The van der Waals surface area contributed by atoms with E-state index in [9.17, 15) is 8.42 Å². The van der Waals surface area contributed by atoms with Gasteiger partial charge < -0.3 is 15.4 Å². The number of piperidine rings is 1. The quantitative estimate of drug-likeness (QED) is 0.884. The Morgan fingerprint density at radius 2 is 2.28 bits per heavy atom. The predicted octanol–water partition coefficient (Wildman–Crippen LogP) is 0.744. The zero-order chi connectivity index (χ0) is 13.3. The summed E-state index contributed by atoms with van der Waals surface area (Å²) in [6.45, 7) is 1.49. The predicted molar refractivity (Wildman–Crippen MR) is 71.9 cm³/mol. The van der Waals surface area contributed by atoms with E-state index >= 15 is 0 Å². The molecule has 1 saturated heterocycles. The van der Waals surface area contributed by atoms with E-state index in [0.29, 0.717) is 11.5 Å². The summed E-state index contributed by atoms with van der Waals surface area (Å²) in [5.74, 6) is 0.0945. The van der Waals surface area contributed by atoms with Gasteiger partial charge in [0.2, 0.25) is 0 Å². The van der Waals surface area contributed by atoms with Crippen molar-refractivity contribution in [2.45, 2.75) is 23.8 Å². The number of methoxy groups -OCH3 is 1. The second kappa shape index (κ2) is 5.02. The third kappa shape index (κ3) is 2.60. The van der Waals surface area contributed by atoms with Crippen LogP contribution < -0.4 is 10.6 Å². The van der Waals surface area contributed by atoms with E-state index in [2.05, 4.69) is 4.37 Å². The van der Waals surface area contributed by atoms with E-state index in [4.69, 9.17) is 10.5 Å². The fourth-order valence-corrected chi connectivity index (χ4v) is 4.39. The molecule has 0 saturated carbocycles. The molecule has 0 spiro atoms. The highest BCUT2D eigenvalue weighted by atomic mass is 32.2. The first kappa shape index (κ1) is 13.6. The first-order chi connectivity index (χ1) is 8.43. The smallest absolute Gasteiger partial charge is 0.182 e. The molecule has 0 amide bonds. The van der Waals surface area contributed by atoms with Crippen LogP contribution in [0.15, 0.2) is 4.90 Å². The van der Waals surface area contributed by atoms with Gasteiger partial charge in [-0.05, 0) is 24.4 Å². The standard InChI is InChI=1S/C10H17N3O3S2/c1-16-7-4-3-5-13(6-7)10-8(18(2,14)15)9(11)12-17-10/h7H,3-6H2,1-2H3,(H2,11,12). The van der Waals surface area contributed by atoms with Crippen molar-refractivity contribution in [3.8, 4) is 0 Å². The van der Waals surface area contributed by atoms with Crippen LogP contribution in [-0.2, 0) is 14.6 Å². The Labute approximate surface area is 111 Å². The number of sulfone groups is 1. The average Bonchev–Trinajstić information content (AvgIpc) is 2.71. The Kier molecular flexibility index (Phi) is 3.79. The van der Waals surface area contributed by atoms with Gasteiger partial charge in [0.05, 0.1) is 6.10 Å². The van der Waals surface area contributed by atoms with Gasteiger partial charge in [0.25, 0.3) is 0 Å². The molecule has 18 heavy (non-hydrogen) atoms. The minimum absolute atomic E-state index is 0.0945. The molecule has 0 bridgehead atoms. The molecule has 8 heteroatoms. The number of hydrogen-bond donors (Lipinski definition) is 1. The summed E-state index contributed by atoms with van der Waals surface area (Å²) in [4.78, 5) is 2.16. The molecule has 1 unspecified atom stereocenters.